The van der Waals surface area contributed by atoms with Crippen molar-refractivity contribution in [3.8, 4) is 0 Å². The van der Waals surface area contributed by atoms with Crippen molar-refractivity contribution in [2.75, 3.05) is 0 Å². The summed E-state index contributed by atoms with van der Waals surface area (Å²) < 4.78 is 5.39. The quantitative estimate of drug-likeness (QED) is 0.767. The number of amides is 1. The number of hydrogen-bond acceptors (Lipinski definition) is 3. The number of aliphatic hydroxyl groups excluding tert-OH is 1. The maximum Gasteiger partial charge on any atom is 0.408 e. The molecule has 0 aromatic rings. The van der Waals surface area contributed by atoms with Crippen LogP contribution in [0.4, 0.5) is 4.79 Å². The van der Waals surface area contributed by atoms with E-state index in [1.54, 1.807) is 0 Å². The Bertz CT molecular complexity index is 371. The number of carbonyl (C=O) groups excluding carboxylic acids is 1. The molecule has 4 aliphatic rings. The molecule has 0 aromatic heterocycles. The second-order valence-corrected chi connectivity index (χ2v) is 7.87. The fourth-order valence-corrected chi connectivity index (χ4v) is 4.67. The highest BCUT2D eigenvalue weighted by Gasteiger charge is 2.55. The van der Waals surface area contributed by atoms with Gasteiger partial charge in [0, 0.05) is 5.54 Å². The molecule has 0 aliphatic heterocycles. The van der Waals surface area contributed by atoms with Gasteiger partial charge in [-0.1, -0.05) is 0 Å². The van der Waals surface area contributed by atoms with E-state index in [1.807, 2.05) is 20.8 Å². The molecule has 4 bridgehead atoms. The highest BCUT2D eigenvalue weighted by molar-refractivity contribution is 5.69. The van der Waals surface area contributed by atoms with E-state index in [9.17, 15) is 9.90 Å². The molecule has 0 radical (unpaired) electrons. The van der Waals surface area contributed by atoms with Crippen molar-refractivity contribution in [2.24, 2.45) is 17.8 Å². The molecule has 0 saturated heterocycles. The standard InChI is InChI=1S/C15H25NO3/c1-14(2,3)19-13(18)16-15-6-9-4-10(7-15)12(17)11(5-9)8-15/h9-12,17H,4-8H2,1-3H3,(H,16,18). The fourth-order valence-electron chi connectivity index (χ4n) is 4.67. The molecular weight excluding hydrogens is 242 g/mol. The maximum atomic E-state index is 12.0. The summed E-state index contributed by atoms with van der Waals surface area (Å²) in [5, 5.41) is 13.3. The van der Waals surface area contributed by atoms with Gasteiger partial charge in [0.2, 0.25) is 0 Å². The van der Waals surface area contributed by atoms with Gasteiger partial charge in [-0.15, -0.1) is 0 Å². The first-order valence-corrected chi connectivity index (χ1v) is 7.46. The molecule has 4 aliphatic carbocycles. The molecule has 4 nitrogen and oxygen atoms in total. The summed E-state index contributed by atoms with van der Waals surface area (Å²) in [4.78, 5) is 12.0. The van der Waals surface area contributed by atoms with E-state index in [-0.39, 0.29) is 17.7 Å². The number of alkyl carbamates (subject to hydrolysis) is 1. The molecule has 2 atom stereocenters. The Morgan fingerprint density at radius 3 is 2.32 bits per heavy atom. The highest BCUT2D eigenvalue weighted by Crippen LogP contribution is 2.55. The highest BCUT2D eigenvalue weighted by atomic mass is 16.6. The normalized spacial score (nSPS) is 44.2. The molecule has 4 fully saturated rings. The third kappa shape index (κ3) is 2.47. The molecule has 4 rings (SSSR count). The molecule has 0 spiro atoms. The maximum absolute atomic E-state index is 12.0. The van der Waals surface area contributed by atoms with Gasteiger partial charge in [0.1, 0.15) is 5.60 Å². The molecule has 2 N–H and O–H groups in total. The van der Waals surface area contributed by atoms with E-state index in [0.29, 0.717) is 17.8 Å². The average molecular weight is 267 g/mol. The van der Waals surface area contributed by atoms with Crippen molar-refractivity contribution in [3.05, 3.63) is 0 Å². The van der Waals surface area contributed by atoms with Gasteiger partial charge in [-0.3, -0.25) is 0 Å². The van der Waals surface area contributed by atoms with Crippen LogP contribution in [0.5, 0.6) is 0 Å². The Balaban J connectivity index is 1.70. The summed E-state index contributed by atoms with van der Waals surface area (Å²) >= 11 is 0. The molecule has 0 heterocycles. The number of nitrogens with one attached hydrogen (secondary N) is 1. The molecule has 4 saturated carbocycles. The molecule has 0 aromatic carbocycles. The fraction of sp³-hybridized carbons (Fsp3) is 0.933. The van der Waals surface area contributed by atoms with Gasteiger partial charge < -0.3 is 15.2 Å². The summed E-state index contributed by atoms with van der Waals surface area (Å²) in [5.41, 5.74) is -0.566. The second kappa shape index (κ2) is 4.11. The minimum absolute atomic E-state index is 0.113. The topological polar surface area (TPSA) is 58.6 Å². The van der Waals surface area contributed by atoms with Crippen LogP contribution in [-0.2, 0) is 4.74 Å². The summed E-state index contributed by atoms with van der Waals surface area (Å²) in [6.45, 7) is 5.65. The van der Waals surface area contributed by atoms with E-state index >= 15 is 0 Å². The molecule has 19 heavy (non-hydrogen) atoms. The molecular formula is C15H25NO3. The predicted octanol–water partition coefficient (Wildman–Crippen LogP) is 2.45. The van der Waals surface area contributed by atoms with Crippen LogP contribution in [0.3, 0.4) is 0 Å². The van der Waals surface area contributed by atoms with Crippen LogP contribution in [0.1, 0.15) is 52.9 Å². The summed E-state index contributed by atoms with van der Waals surface area (Å²) in [5.74, 6) is 1.43. The van der Waals surface area contributed by atoms with Gasteiger partial charge in [-0.05, 0) is 70.6 Å². The lowest BCUT2D eigenvalue weighted by molar-refractivity contribution is -0.111. The van der Waals surface area contributed by atoms with Crippen molar-refractivity contribution in [1.82, 2.24) is 5.32 Å². The number of carbonyl (C=O) groups is 1. The van der Waals surface area contributed by atoms with Crippen LogP contribution in [0.15, 0.2) is 0 Å². The summed E-state index contributed by atoms with van der Waals surface area (Å²) in [6.07, 6.45) is 4.71. The second-order valence-electron chi connectivity index (χ2n) is 7.87. The Morgan fingerprint density at radius 1 is 1.21 bits per heavy atom. The zero-order valence-electron chi connectivity index (χ0n) is 12.1. The van der Waals surface area contributed by atoms with E-state index in [2.05, 4.69) is 5.32 Å². The van der Waals surface area contributed by atoms with Crippen LogP contribution in [0.25, 0.3) is 0 Å². The van der Waals surface area contributed by atoms with Crippen LogP contribution >= 0.6 is 0 Å². The monoisotopic (exact) mass is 267 g/mol. The van der Waals surface area contributed by atoms with Crippen LogP contribution < -0.4 is 5.32 Å². The lowest BCUT2D eigenvalue weighted by Crippen LogP contribution is -2.64. The third-order valence-electron chi connectivity index (χ3n) is 4.99. The van der Waals surface area contributed by atoms with E-state index < -0.39 is 5.60 Å². The zero-order chi connectivity index (χ0) is 13.8. The smallest absolute Gasteiger partial charge is 0.408 e. The number of ether oxygens (including phenoxy) is 1. The molecule has 1 amide bonds. The molecule has 108 valence electrons. The van der Waals surface area contributed by atoms with Crippen LogP contribution in [0.2, 0.25) is 0 Å². The molecule has 2 unspecified atom stereocenters. The van der Waals surface area contributed by atoms with Crippen LogP contribution in [-0.4, -0.2) is 28.4 Å². The summed E-state index contributed by atoms with van der Waals surface area (Å²) in [7, 11) is 0. The van der Waals surface area contributed by atoms with Crippen molar-refractivity contribution in [3.63, 3.8) is 0 Å². The first kappa shape index (κ1) is 13.2. The van der Waals surface area contributed by atoms with Gasteiger partial charge >= 0.3 is 6.09 Å². The van der Waals surface area contributed by atoms with Crippen molar-refractivity contribution in [2.45, 2.75) is 70.1 Å². The molecule has 4 heteroatoms. The van der Waals surface area contributed by atoms with Crippen molar-refractivity contribution >= 4 is 6.09 Å². The van der Waals surface area contributed by atoms with E-state index in [0.717, 1.165) is 32.1 Å². The number of aliphatic hydroxyl groups is 1. The Hall–Kier alpha value is -0.770. The van der Waals surface area contributed by atoms with Crippen LogP contribution in [0, 0.1) is 17.8 Å². The van der Waals surface area contributed by atoms with Gasteiger partial charge in [0.15, 0.2) is 0 Å². The lowest BCUT2D eigenvalue weighted by Gasteiger charge is -2.58. The lowest BCUT2D eigenvalue weighted by atomic mass is 9.52. The average Bonchev–Trinajstić information content (AvgIpc) is 2.20. The minimum Gasteiger partial charge on any atom is -0.444 e. The first-order chi connectivity index (χ1) is 8.76. The van der Waals surface area contributed by atoms with Gasteiger partial charge in [0.05, 0.1) is 6.10 Å². The van der Waals surface area contributed by atoms with Gasteiger partial charge in [-0.2, -0.15) is 0 Å². The largest absolute Gasteiger partial charge is 0.444 e. The van der Waals surface area contributed by atoms with E-state index in [1.165, 1.54) is 0 Å². The van der Waals surface area contributed by atoms with Crippen molar-refractivity contribution in [1.29, 1.82) is 0 Å². The SMILES string of the molecule is CC(C)(C)OC(=O)NC12CC3CC(C1)C(O)C(C3)C2. The Morgan fingerprint density at radius 2 is 1.79 bits per heavy atom. The van der Waals surface area contributed by atoms with Gasteiger partial charge in [-0.25, -0.2) is 4.79 Å². The van der Waals surface area contributed by atoms with Gasteiger partial charge in [0.25, 0.3) is 0 Å². The van der Waals surface area contributed by atoms with E-state index in [4.69, 9.17) is 4.74 Å². The predicted molar refractivity (Wildman–Crippen MR) is 71.7 cm³/mol. The number of rotatable bonds is 1. The Labute approximate surface area is 114 Å². The minimum atomic E-state index is -0.452. The summed E-state index contributed by atoms with van der Waals surface area (Å²) in [6, 6.07) is 0. The third-order valence-corrected chi connectivity index (χ3v) is 4.99. The first-order valence-electron chi connectivity index (χ1n) is 7.46. The van der Waals surface area contributed by atoms with Crippen molar-refractivity contribution < 1.29 is 14.6 Å². The Kier molecular flexibility index (Phi) is 2.86. The number of hydrogen-bond donors (Lipinski definition) is 2. The zero-order valence-corrected chi connectivity index (χ0v) is 12.1.